The molecule has 3 nitrogen and oxygen atoms in total. The molecule has 0 aromatic rings. The van der Waals surface area contributed by atoms with Crippen molar-refractivity contribution < 1.29 is 9.90 Å². The number of aliphatic carboxylic acids is 1. The summed E-state index contributed by atoms with van der Waals surface area (Å²) in [5, 5.41) is 7.60. The van der Waals surface area contributed by atoms with Gasteiger partial charge in [-0.25, -0.2) is 0 Å². The normalized spacial score (nSPS) is 9.55. The molecule has 0 aromatic heterocycles. The lowest BCUT2D eigenvalue weighted by atomic mass is 10.6. The lowest BCUT2D eigenvalue weighted by Gasteiger charge is -1.73. The summed E-state index contributed by atoms with van der Waals surface area (Å²) in [4.78, 5) is 9.24. The Balaban J connectivity index is 0.000000114. The van der Waals surface area contributed by atoms with E-state index in [-0.39, 0.29) is 6.54 Å². The van der Waals surface area contributed by atoms with E-state index >= 15 is 0 Å². The molecular weight excluding hydrogens is 142 g/mol. The Labute approximate surface area is 64.5 Å². The molecule has 0 atom stereocenters. The third-order valence-corrected chi connectivity index (χ3v) is 1.29. The highest BCUT2D eigenvalue weighted by molar-refractivity contribution is 5.80. The number of rotatable bonds is 1. The van der Waals surface area contributed by atoms with Gasteiger partial charge in [0.25, 0.3) is 0 Å². The van der Waals surface area contributed by atoms with Gasteiger partial charge in [-0.2, -0.15) is 0 Å². The molecule has 0 aliphatic heterocycles. The molecule has 0 saturated carbocycles. The number of carboxylic acid groups (broad SMARTS) is 1. The molecule has 0 bridgehead atoms. The molecule has 0 aromatic carbocycles. The van der Waals surface area contributed by atoms with Gasteiger partial charge in [0.2, 0.25) is 0 Å². The molecule has 3 heteroatoms. The largest absolute Gasteiger partial charge is 0.480 e. The second-order valence-corrected chi connectivity index (χ2v) is 2.18. The lowest BCUT2D eigenvalue weighted by molar-refractivity contribution is -0.135. The van der Waals surface area contributed by atoms with Gasteiger partial charge in [-0.15, -0.1) is 0 Å². The van der Waals surface area contributed by atoms with Crippen molar-refractivity contribution in [3.05, 3.63) is 24.3 Å². The summed E-state index contributed by atoms with van der Waals surface area (Å²) in [6.07, 6.45) is 0. The second kappa shape index (κ2) is 3.16. The van der Waals surface area contributed by atoms with E-state index in [0.29, 0.717) is 0 Å². The van der Waals surface area contributed by atoms with Crippen LogP contribution in [0.4, 0.5) is 0 Å². The summed E-state index contributed by atoms with van der Waals surface area (Å²) in [5.74, 6) is -0.968. The van der Waals surface area contributed by atoms with E-state index < -0.39 is 5.97 Å². The number of benzene rings is 1. The molecule has 0 unspecified atom stereocenters. The summed E-state index contributed by atoms with van der Waals surface area (Å²) in [7, 11) is 0. The van der Waals surface area contributed by atoms with Crippen LogP contribution in [0, 0.1) is 0 Å². The topological polar surface area (TPSA) is 63.3 Å². The number of hydrogen-bond donors (Lipinski definition) is 2. The highest BCUT2D eigenvalue weighted by Gasteiger charge is 2.06. The highest BCUT2D eigenvalue weighted by atomic mass is 16.4. The van der Waals surface area contributed by atoms with E-state index in [1.165, 1.54) is 11.1 Å². The van der Waals surface area contributed by atoms with Crippen molar-refractivity contribution in [2.45, 2.75) is 0 Å². The minimum atomic E-state index is -0.968. The Hall–Kier alpha value is -1.35. The molecule has 0 radical (unpaired) electrons. The van der Waals surface area contributed by atoms with E-state index in [1.807, 2.05) is 0 Å². The SMILES string of the molecule is NCC(=O)O.c1cc2cc-2c1. The molecule has 2 rings (SSSR count). The zero-order valence-corrected chi connectivity index (χ0v) is 5.95. The summed E-state index contributed by atoms with van der Waals surface area (Å²) in [6, 6.07) is 8.48. The third kappa shape index (κ3) is 2.39. The van der Waals surface area contributed by atoms with Crippen LogP contribution in [0.3, 0.4) is 0 Å². The van der Waals surface area contributed by atoms with Crippen LogP contribution in [-0.4, -0.2) is 17.6 Å². The molecular formula is C8H9NO2. The van der Waals surface area contributed by atoms with Gasteiger partial charge in [-0.05, 0) is 17.2 Å². The number of nitrogens with two attached hydrogens (primary N) is 1. The van der Waals surface area contributed by atoms with E-state index in [0.717, 1.165) is 0 Å². The predicted molar refractivity (Wildman–Crippen MR) is 42.1 cm³/mol. The third-order valence-electron chi connectivity index (χ3n) is 1.29. The lowest BCUT2D eigenvalue weighted by Crippen LogP contribution is -2.10. The molecule has 0 fully saturated rings. The number of hydrogen-bond acceptors (Lipinski definition) is 2. The quantitative estimate of drug-likeness (QED) is 0.630. The Bertz CT molecular complexity index is 253. The van der Waals surface area contributed by atoms with Crippen molar-refractivity contribution in [3.8, 4) is 11.1 Å². The van der Waals surface area contributed by atoms with Crippen LogP contribution >= 0.6 is 0 Å². The number of fused-ring (bicyclic) bond motifs is 1. The van der Waals surface area contributed by atoms with Crippen molar-refractivity contribution in [3.63, 3.8) is 0 Å². The van der Waals surface area contributed by atoms with Crippen molar-refractivity contribution >= 4 is 5.97 Å². The zero-order chi connectivity index (χ0) is 8.27. The van der Waals surface area contributed by atoms with Gasteiger partial charge in [-0.1, -0.05) is 18.2 Å². The molecule has 2 aliphatic rings. The number of carbonyl (C=O) groups is 1. The van der Waals surface area contributed by atoms with Crippen LogP contribution in [0.1, 0.15) is 0 Å². The molecule has 0 amide bonds. The van der Waals surface area contributed by atoms with Gasteiger partial charge in [-0.3, -0.25) is 4.79 Å². The fraction of sp³-hybridized carbons (Fsp3) is 0.125. The van der Waals surface area contributed by atoms with Crippen LogP contribution in [0.25, 0.3) is 11.1 Å². The Kier molecular flexibility index (Phi) is 2.23. The fourth-order valence-corrected chi connectivity index (χ4v) is 0.676. The maximum Gasteiger partial charge on any atom is 0.317 e. The first-order chi connectivity index (χ1) is 5.24. The maximum atomic E-state index is 9.24. The zero-order valence-electron chi connectivity index (χ0n) is 5.95. The van der Waals surface area contributed by atoms with Gasteiger partial charge in [0, 0.05) is 0 Å². The van der Waals surface area contributed by atoms with Crippen molar-refractivity contribution in [2.75, 3.05) is 6.54 Å². The van der Waals surface area contributed by atoms with E-state index in [2.05, 4.69) is 30.0 Å². The molecule has 0 saturated heterocycles. The van der Waals surface area contributed by atoms with Crippen LogP contribution in [0.2, 0.25) is 0 Å². The van der Waals surface area contributed by atoms with Crippen LogP contribution in [0.15, 0.2) is 24.3 Å². The molecule has 2 aliphatic carbocycles. The minimum absolute atomic E-state index is 0.278. The van der Waals surface area contributed by atoms with Crippen LogP contribution < -0.4 is 5.73 Å². The fourth-order valence-electron chi connectivity index (χ4n) is 0.676. The van der Waals surface area contributed by atoms with Gasteiger partial charge in [0.05, 0.1) is 6.54 Å². The first kappa shape index (κ1) is 7.75. The first-order valence-corrected chi connectivity index (χ1v) is 3.26. The second-order valence-electron chi connectivity index (χ2n) is 2.18. The highest BCUT2D eigenvalue weighted by Crippen LogP contribution is 2.32. The van der Waals surface area contributed by atoms with Crippen LogP contribution in [-0.2, 0) is 4.79 Å². The van der Waals surface area contributed by atoms with E-state index in [4.69, 9.17) is 5.11 Å². The Morgan fingerprint density at radius 1 is 1.45 bits per heavy atom. The number of carboxylic acids is 1. The standard InChI is InChI=1S/C6H4.C2H5NO2/c1-2-5-4-6(5)3-1;3-1-2(4)5/h1-4H;1,3H2,(H,4,5). The van der Waals surface area contributed by atoms with Gasteiger partial charge < -0.3 is 10.8 Å². The average Bonchev–Trinajstić information content (AvgIpc) is 2.61. The average molecular weight is 151 g/mol. The maximum absolute atomic E-state index is 9.24. The molecule has 58 valence electrons. The van der Waals surface area contributed by atoms with Gasteiger partial charge in [0.15, 0.2) is 0 Å². The molecule has 11 heavy (non-hydrogen) atoms. The van der Waals surface area contributed by atoms with Crippen LogP contribution in [0.5, 0.6) is 0 Å². The van der Waals surface area contributed by atoms with Gasteiger partial charge in [0.1, 0.15) is 0 Å². The summed E-state index contributed by atoms with van der Waals surface area (Å²) >= 11 is 0. The van der Waals surface area contributed by atoms with Crippen molar-refractivity contribution in [1.82, 2.24) is 0 Å². The first-order valence-electron chi connectivity index (χ1n) is 3.26. The predicted octanol–water partition coefficient (Wildman–Crippen LogP) is 0.697. The summed E-state index contributed by atoms with van der Waals surface area (Å²) in [6.45, 7) is -0.278. The molecule has 0 heterocycles. The summed E-state index contributed by atoms with van der Waals surface area (Å²) < 4.78 is 0. The minimum Gasteiger partial charge on any atom is -0.480 e. The smallest absolute Gasteiger partial charge is 0.317 e. The molecule has 0 spiro atoms. The Morgan fingerprint density at radius 2 is 1.91 bits per heavy atom. The van der Waals surface area contributed by atoms with Crippen molar-refractivity contribution in [1.29, 1.82) is 0 Å². The Morgan fingerprint density at radius 3 is 2.00 bits per heavy atom. The van der Waals surface area contributed by atoms with E-state index in [9.17, 15) is 4.79 Å². The van der Waals surface area contributed by atoms with Crippen molar-refractivity contribution in [2.24, 2.45) is 5.73 Å². The summed E-state index contributed by atoms with van der Waals surface area (Å²) in [5.41, 5.74) is 7.42. The van der Waals surface area contributed by atoms with Gasteiger partial charge >= 0.3 is 5.97 Å². The molecule has 3 N–H and O–H groups in total. The van der Waals surface area contributed by atoms with E-state index in [1.54, 1.807) is 0 Å². The monoisotopic (exact) mass is 151 g/mol.